The summed E-state index contributed by atoms with van der Waals surface area (Å²) < 4.78 is 0. The summed E-state index contributed by atoms with van der Waals surface area (Å²) in [5.74, 6) is -1.07. The van der Waals surface area contributed by atoms with E-state index in [-0.39, 0.29) is 36.1 Å². The van der Waals surface area contributed by atoms with Crippen molar-refractivity contribution in [3.05, 3.63) is 28.8 Å². The van der Waals surface area contributed by atoms with Crippen LogP contribution in [0, 0.1) is 32.6 Å². The zero-order valence-electron chi connectivity index (χ0n) is 14.5. The number of fused-ring (bicyclic) bond motifs is 1. The van der Waals surface area contributed by atoms with E-state index in [9.17, 15) is 14.4 Å². The van der Waals surface area contributed by atoms with Crippen LogP contribution < -0.4 is 5.32 Å². The molecular weight excluding hydrogens is 304 g/mol. The molecule has 5 heteroatoms. The number of amides is 3. The average molecular weight is 328 g/mol. The molecule has 5 nitrogen and oxygen atoms in total. The highest BCUT2D eigenvalue weighted by Gasteiger charge is 2.48. The Bertz CT molecular complexity index is 664. The van der Waals surface area contributed by atoms with Crippen LogP contribution in [0.25, 0.3) is 0 Å². The maximum Gasteiger partial charge on any atom is 0.244 e. The molecule has 0 radical (unpaired) electrons. The minimum absolute atomic E-state index is 0.169. The van der Waals surface area contributed by atoms with Gasteiger partial charge in [-0.3, -0.25) is 19.3 Å². The lowest BCUT2D eigenvalue weighted by atomic mass is 9.81. The van der Waals surface area contributed by atoms with Crippen LogP contribution in [0.4, 0.5) is 5.69 Å². The van der Waals surface area contributed by atoms with Crippen molar-refractivity contribution in [2.75, 3.05) is 11.9 Å². The van der Waals surface area contributed by atoms with Crippen LogP contribution in [0.15, 0.2) is 12.1 Å². The van der Waals surface area contributed by atoms with E-state index in [1.165, 1.54) is 0 Å². The van der Waals surface area contributed by atoms with Gasteiger partial charge in [0.1, 0.15) is 6.54 Å². The summed E-state index contributed by atoms with van der Waals surface area (Å²) in [4.78, 5) is 38.4. The van der Waals surface area contributed by atoms with Crippen molar-refractivity contribution < 1.29 is 14.4 Å². The Labute approximate surface area is 142 Å². The lowest BCUT2D eigenvalue weighted by Crippen LogP contribution is -2.38. The Morgan fingerprint density at radius 1 is 1.04 bits per heavy atom. The number of hydrogen-bond donors (Lipinski definition) is 1. The molecule has 1 heterocycles. The Kier molecular flexibility index (Phi) is 4.43. The van der Waals surface area contributed by atoms with Crippen LogP contribution in [0.3, 0.4) is 0 Å². The Balaban J connectivity index is 1.71. The molecule has 0 spiro atoms. The first-order valence-electron chi connectivity index (χ1n) is 8.61. The van der Waals surface area contributed by atoms with E-state index in [4.69, 9.17) is 0 Å². The van der Waals surface area contributed by atoms with Crippen LogP contribution in [-0.2, 0) is 14.4 Å². The molecule has 1 aliphatic heterocycles. The number of hydrogen-bond acceptors (Lipinski definition) is 3. The average Bonchev–Trinajstić information content (AvgIpc) is 2.76. The van der Waals surface area contributed by atoms with E-state index in [2.05, 4.69) is 5.32 Å². The Morgan fingerprint density at radius 3 is 2.04 bits per heavy atom. The lowest BCUT2D eigenvalue weighted by molar-refractivity contribution is -0.142. The standard InChI is InChI=1S/C19H24N2O3/c1-11-8-12(2)17(13(3)9-11)20-16(22)10-21-18(23)14-6-4-5-7-15(14)19(21)24/h8-9,14-15H,4-7,10H2,1-3H3,(H,20,22). The first-order chi connectivity index (χ1) is 11.4. The van der Waals surface area contributed by atoms with Gasteiger partial charge in [0.2, 0.25) is 17.7 Å². The number of carbonyl (C=O) groups excluding carboxylic acids is 3. The molecule has 1 aromatic rings. The van der Waals surface area contributed by atoms with E-state index in [1.807, 2.05) is 32.9 Å². The third-order valence-corrected chi connectivity index (χ3v) is 5.18. The van der Waals surface area contributed by atoms with E-state index in [0.717, 1.165) is 53.0 Å². The molecule has 2 atom stereocenters. The first kappa shape index (κ1) is 16.7. The molecule has 0 bridgehead atoms. The van der Waals surface area contributed by atoms with Crippen molar-refractivity contribution >= 4 is 23.4 Å². The summed E-state index contributed by atoms with van der Waals surface area (Å²) in [6.45, 7) is 5.71. The van der Waals surface area contributed by atoms with E-state index >= 15 is 0 Å². The predicted octanol–water partition coefficient (Wildman–Crippen LogP) is 2.73. The second-order valence-electron chi connectivity index (χ2n) is 7.08. The van der Waals surface area contributed by atoms with E-state index in [0.29, 0.717) is 0 Å². The number of nitrogens with zero attached hydrogens (tertiary/aromatic N) is 1. The van der Waals surface area contributed by atoms with Gasteiger partial charge in [-0.15, -0.1) is 0 Å². The summed E-state index contributed by atoms with van der Waals surface area (Å²) in [6.07, 6.45) is 3.51. The normalized spacial score (nSPS) is 23.4. The SMILES string of the molecule is Cc1cc(C)c(NC(=O)CN2C(=O)C3CCCCC3C2=O)c(C)c1. The zero-order chi connectivity index (χ0) is 17.4. The fourth-order valence-electron chi connectivity index (χ4n) is 4.09. The molecular formula is C19H24N2O3. The predicted molar refractivity (Wildman–Crippen MR) is 91.5 cm³/mol. The summed E-state index contributed by atoms with van der Waals surface area (Å²) in [5.41, 5.74) is 3.86. The van der Waals surface area contributed by atoms with Gasteiger partial charge in [0.05, 0.1) is 11.8 Å². The highest BCUT2D eigenvalue weighted by Crippen LogP contribution is 2.37. The van der Waals surface area contributed by atoms with Gasteiger partial charge in [-0.2, -0.15) is 0 Å². The fraction of sp³-hybridized carbons (Fsp3) is 0.526. The summed E-state index contributed by atoms with van der Waals surface area (Å²) in [7, 11) is 0. The minimum atomic E-state index is -0.314. The Morgan fingerprint density at radius 2 is 1.54 bits per heavy atom. The third kappa shape index (κ3) is 2.95. The summed E-state index contributed by atoms with van der Waals surface area (Å²) >= 11 is 0. The maximum atomic E-state index is 12.4. The number of benzene rings is 1. The highest BCUT2D eigenvalue weighted by atomic mass is 16.2. The largest absolute Gasteiger partial charge is 0.324 e. The van der Waals surface area contributed by atoms with Gasteiger partial charge in [-0.05, 0) is 44.7 Å². The lowest BCUT2D eigenvalue weighted by Gasteiger charge is -2.19. The van der Waals surface area contributed by atoms with Gasteiger partial charge in [0.25, 0.3) is 0 Å². The molecule has 128 valence electrons. The van der Waals surface area contributed by atoms with Crippen LogP contribution in [0.5, 0.6) is 0 Å². The fourth-order valence-corrected chi connectivity index (χ4v) is 4.09. The van der Waals surface area contributed by atoms with Gasteiger partial charge in [0.15, 0.2) is 0 Å². The van der Waals surface area contributed by atoms with Crippen molar-refractivity contribution in [3.8, 4) is 0 Å². The molecule has 1 saturated carbocycles. The van der Waals surface area contributed by atoms with Crippen molar-refractivity contribution in [2.45, 2.75) is 46.5 Å². The van der Waals surface area contributed by atoms with Gasteiger partial charge in [-0.1, -0.05) is 30.5 Å². The molecule has 0 aromatic heterocycles. The summed E-state index contributed by atoms with van der Waals surface area (Å²) in [6, 6.07) is 4.01. The van der Waals surface area contributed by atoms with Gasteiger partial charge >= 0.3 is 0 Å². The smallest absolute Gasteiger partial charge is 0.244 e. The van der Waals surface area contributed by atoms with Gasteiger partial charge in [0, 0.05) is 5.69 Å². The molecule has 2 fully saturated rings. The first-order valence-corrected chi connectivity index (χ1v) is 8.61. The topological polar surface area (TPSA) is 66.5 Å². The molecule has 3 amide bonds. The minimum Gasteiger partial charge on any atom is -0.324 e. The van der Waals surface area contributed by atoms with Gasteiger partial charge in [-0.25, -0.2) is 0 Å². The third-order valence-electron chi connectivity index (χ3n) is 5.18. The highest BCUT2D eigenvalue weighted by molar-refractivity contribution is 6.08. The number of rotatable bonds is 3. The van der Waals surface area contributed by atoms with Crippen molar-refractivity contribution in [1.29, 1.82) is 0 Å². The Hall–Kier alpha value is -2.17. The number of imide groups is 1. The molecule has 1 aromatic carbocycles. The number of aryl methyl sites for hydroxylation is 3. The number of anilines is 1. The molecule has 3 rings (SSSR count). The van der Waals surface area contributed by atoms with Crippen LogP contribution in [0.1, 0.15) is 42.4 Å². The van der Waals surface area contributed by atoms with Crippen molar-refractivity contribution in [2.24, 2.45) is 11.8 Å². The molecule has 2 aliphatic rings. The van der Waals surface area contributed by atoms with Crippen LogP contribution in [-0.4, -0.2) is 29.2 Å². The van der Waals surface area contributed by atoms with Crippen LogP contribution >= 0.6 is 0 Å². The number of carbonyl (C=O) groups is 3. The second kappa shape index (κ2) is 6.38. The molecule has 1 saturated heterocycles. The van der Waals surface area contributed by atoms with Crippen molar-refractivity contribution in [1.82, 2.24) is 4.90 Å². The molecule has 1 aliphatic carbocycles. The van der Waals surface area contributed by atoms with E-state index < -0.39 is 0 Å². The molecule has 24 heavy (non-hydrogen) atoms. The zero-order valence-corrected chi connectivity index (χ0v) is 14.5. The summed E-state index contributed by atoms with van der Waals surface area (Å²) in [5, 5.41) is 2.87. The van der Waals surface area contributed by atoms with Crippen molar-refractivity contribution in [3.63, 3.8) is 0 Å². The molecule has 2 unspecified atom stereocenters. The number of nitrogens with one attached hydrogen (secondary N) is 1. The van der Waals surface area contributed by atoms with Gasteiger partial charge < -0.3 is 5.32 Å². The second-order valence-corrected chi connectivity index (χ2v) is 7.08. The number of likely N-dealkylation sites (tertiary alicyclic amines) is 1. The molecule has 1 N–H and O–H groups in total. The monoisotopic (exact) mass is 328 g/mol. The quantitative estimate of drug-likeness (QED) is 0.868. The van der Waals surface area contributed by atoms with E-state index in [1.54, 1.807) is 0 Å². The van der Waals surface area contributed by atoms with Crippen LogP contribution in [0.2, 0.25) is 0 Å². The maximum absolute atomic E-state index is 12.4.